The molecule has 0 atom stereocenters. The third-order valence-corrected chi connectivity index (χ3v) is 3.48. The number of rotatable bonds is 8. The molecule has 0 aliphatic carbocycles. The summed E-state index contributed by atoms with van der Waals surface area (Å²) < 4.78 is 0. The summed E-state index contributed by atoms with van der Waals surface area (Å²) >= 11 is 0. The van der Waals surface area contributed by atoms with E-state index in [-0.39, 0.29) is 12.0 Å². The van der Waals surface area contributed by atoms with Gasteiger partial charge in [-0.25, -0.2) is 10.2 Å². The predicted molar refractivity (Wildman–Crippen MR) is 96.9 cm³/mol. The molecule has 0 spiro atoms. The van der Waals surface area contributed by atoms with E-state index in [4.69, 9.17) is 5.11 Å². The van der Waals surface area contributed by atoms with Gasteiger partial charge >= 0.3 is 5.97 Å². The molecule has 2 aromatic carbocycles. The molecule has 3 N–H and O–H groups in total. The molecule has 0 bridgehead atoms. The van der Waals surface area contributed by atoms with E-state index in [2.05, 4.69) is 15.8 Å². The van der Waals surface area contributed by atoms with Crippen molar-refractivity contribution in [2.24, 2.45) is 5.10 Å². The van der Waals surface area contributed by atoms with E-state index in [1.807, 2.05) is 30.3 Å². The van der Waals surface area contributed by atoms with Crippen LogP contribution in [-0.2, 0) is 16.0 Å². The van der Waals surface area contributed by atoms with E-state index in [0.29, 0.717) is 18.5 Å². The van der Waals surface area contributed by atoms with E-state index in [1.165, 1.54) is 12.3 Å². The maximum absolute atomic E-state index is 11.7. The van der Waals surface area contributed by atoms with Crippen LogP contribution in [0.15, 0.2) is 59.7 Å². The zero-order valence-electron chi connectivity index (χ0n) is 14.0. The lowest BCUT2D eigenvalue weighted by Gasteiger charge is -2.05. The number of carboxylic acid groups (broad SMARTS) is 1. The average Bonchev–Trinajstić information content (AvgIpc) is 2.63. The molecule has 7 nitrogen and oxygen atoms in total. The number of nitrogens with zero attached hydrogens (tertiary/aromatic N) is 1. The summed E-state index contributed by atoms with van der Waals surface area (Å²) in [5.41, 5.74) is 3.74. The van der Waals surface area contributed by atoms with Crippen LogP contribution in [0.2, 0.25) is 0 Å². The Hall–Kier alpha value is -3.48. The van der Waals surface area contributed by atoms with Crippen molar-refractivity contribution in [3.8, 4) is 0 Å². The number of nitrogens with one attached hydrogen (secondary N) is 2. The van der Waals surface area contributed by atoms with Crippen molar-refractivity contribution in [2.45, 2.75) is 12.8 Å². The van der Waals surface area contributed by atoms with Gasteiger partial charge in [0.2, 0.25) is 11.8 Å². The summed E-state index contributed by atoms with van der Waals surface area (Å²) in [6.45, 7) is 0.436. The highest BCUT2D eigenvalue weighted by Gasteiger charge is 2.09. The molecule has 7 heteroatoms. The Bertz CT molecular complexity index is 803. The van der Waals surface area contributed by atoms with Gasteiger partial charge in [-0.15, -0.1) is 0 Å². The quantitative estimate of drug-likeness (QED) is 0.380. The number of hydrazone groups is 1. The van der Waals surface area contributed by atoms with Gasteiger partial charge in [0.05, 0.1) is 11.8 Å². The molecular formula is C19H19N3O4. The first kappa shape index (κ1) is 18.9. The van der Waals surface area contributed by atoms with Gasteiger partial charge in [0.1, 0.15) is 6.42 Å². The van der Waals surface area contributed by atoms with Crippen molar-refractivity contribution in [1.29, 1.82) is 0 Å². The lowest BCUT2D eigenvalue weighted by Crippen LogP contribution is -2.31. The minimum Gasteiger partial charge on any atom is -0.478 e. The Morgan fingerprint density at radius 3 is 2.38 bits per heavy atom. The van der Waals surface area contributed by atoms with Crippen LogP contribution in [0, 0.1) is 0 Å². The van der Waals surface area contributed by atoms with Gasteiger partial charge < -0.3 is 10.4 Å². The third kappa shape index (κ3) is 6.20. The second-order valence-electron chi connectivity index (χ2n) is 5.45. The molecule has 2 aromatic rings. The first-order valence-electron chi connectivity index (χ1n) is 8.01. The van der Waals surface area contributed by atoms with Crippen LogP contribution in [0.3, 0.4) is 0 Å². The molecule has 0 saturated carbocycles. The van der Waals surface area contributed by atoms with E-state index < -0.39 is 17.8 Å². The molecule has 0 radical (unpaired) electrons. The fourth-order valence-corrected chi connectivity index (χ4v) is 2.22. The molecule has 0 saturated heterocycles. The topological polar surface area (TPSA) is 108 Å². The van der Waals surface area contributed by atoms with Crippen molar-refractivity contribution in [2.75, 3.05) is 6.54 Å². The van der Waals surface area contributed by atoms with Crippen LogP contribution in [0.25, 0.3) is 0 Å². The number of hydrogen-bond donors (Lipinski definition) is 3. The SMILES string of the molecule is O=C(CC(=O)N/N=C/c1ccccc1C(=O)O)NCCc1ccccc1. The van der Waals surface area contributed by atoms with Crippen molar-refractivity contribution in [1.82, 2.24) is 10.7 Å². The van der Waals surface area contributed by atoms with Gasteiger partial charge in [0.15, 0.2) is 0 Å². The first-order valence-corrected chi connectivity index (χ1v) is 8.01. The summed E-state index contributed by atoms with van der Waals surface area (Å²) in [5, 5.41) is 15.4. The number of benzene rings is 2. The smallest absolute Gasteiger partial charge is 0.336 e. The van der Waals surface area contributed by atoms with Crippen molar-refractivity contribution in [3.05, 3.63) is 71.3 Å². The number of carbonyl (C=O) groups is 3. The van der Waals surface area contributed by atoms with E-state index in [9.17, 15) is 14.4 Å². The minimum absolute atomic E-state index is 0.0733. The highest BCUT2D eigenvalue weighted by molar-refractivity contribution is 5.99. The highest BCUT2D eigenvalue weighted by atomic mass is 16.4. The summed E-state index contributed by atoms with van der Waals surface area (Å²) in [4.78, 5) is 34.5. The van der Waals surface area contributed by atoms with Gasteiger partial charge in [-0.1, -0.05) is 48.5 Å². The Balaban J connectivity index is 1.74. The van der Waals surface area contributed by atoms with Crippen molar-refractivity contribution >= 4 is 24.0 Å². The Labute approximate surface area is 150 Å². The second kappa shape index (κ2) is 9.73. The molecular weight excluding hydrogens is 334 g/mol. The number of carbonyl (C=O) groups excluding carboxylic acids is 2. The summed E-state index contributed by atoms with van der Waals surface area (Å²) in [6, 6.07) is 15.9. The lowest BCUT2D eigenvalue weighted by atomic mass is 10.1. The third-order valence-electron chi connectivity index (χ3n) is 3.48. The molecule has 2 amide bonds. The van der Waals surface area contributed by atoms with Crippen LogP contribution in [0.5, 0.6) is 0 Å². The van der Waals surface area contributed by atoms with Crippen LogP contribution in [0.1, 0.15) is 27.9 Å². The minimum atomic E-state index is -1.09. The Morgan fingerprint density at radius 2 is 1.65 bits per heavy atom. The fourth-order valence-electron chi connectivity index (χ4n) is 2.22. The van der Waals surface area contributed by atoms with Gasteiger partial charge in [-0.2, -0.15) is 5.10 Å². The molecule has 0 aromatic heterocycles. The van der Waals surface area contributed by atoms with Crippen LogP contribution in [0.4, 0.5) is 0 Å². The lowest BCUT2D eigenvalue weighted by molar-refractivity contribution is -0.129. The van der Waals surface area contributed by atoms with Gasteiger partial charge in [-0.3, -0.25) is 9.59 Å². The van der Waals surface area contributed by atoms with Gasteiger partial charge in [0, 0.05) is 12.1 Å². The Morgan fingerprint density at radius 1 is 0.962 bits per heavy atom. The predicted octanol–water partition coefficient (Wildman–Crippen LogP) is 1.58. The first-order chi connectivity index (χ1) is 12.6. The number of aromatic carboxylic acids is 1. The molecule has 0 heterocycles. The zero-order chi connectivity index (χ0) is 18.8. The molecule has 0 aliphatic rings. The highest BCUT2D eigenvalue weighted by Crippen LogP contribution is 2.05. The van der Waals surface area contributed by atoms with Gasteiger partial charge in [0.25, 0.3) is 0 Å². The molecule has 134 valence electrons. The standard InChI is InChI=1S/C19H19N3O4/c23-17(20-11-10-14-6-2-1-3-7-14)12-18(24)22-21-13-15-8-4-5-9-16(15)19(25)26/h1-9,13H,10-12H2,(H,20,23)(H,22,24)(H,25,26)/b21-13+. The van der Waals surface area contributed by atoms with E-state index in [1.54, 1.807) is 18.2 Å². The monoisotopic (exact) mass is 353 g/mol. The number of amides is 2. The number of carboxylic acids is 1. The summed E-state index contributed by atoms with van der Waals surface area (Å²) in [7, 11) is 0. The fraction of sp³-hybridized carbons (Fsp3) is 0.158. The van der Waals surface area contributed by atoms with Crippen molar-refractivity contribution in [3.63, 3.8) is 0 Å². The average molecular weight is 353 g/mol. The summed E-state index contributed by atoms with van der Waals surface area (Å²) in [6.07, 6.45) is 1.56. The molecule has 0 aliphatic heterocycles. The maximum atomic E-state index is 11.7. The second-order valence-corrected chi connectivity index (χ2v) is 5.45. The largest absolute Gasteiger partial charge is 0.478 e. The van der Waals surface area contributed by atoms with Crippen LogP contribution < -0.4 is 10.7 Å². The van der Waals surface area contributed by atoms with Crippen molar-refractivity contribution < 1.29 is 19.5 Å². The van der Waals surface area contributed by atoms with Crippen LogP contribution >= 0.6 is 0 Å². The van der Waals surface area contributed by atoms with E-state index >= 15 is 0 Å². The molecule has 26 heavy (non-hydrogen) atoms. The number of hydrogen-bond acceptors (Lipinski definition) is 4. The van der Waals surface area contributed by atoms with Gasteiger partial charge in [-0.05, 0) is 18.1 Å². The Kier molecular flexibility index (Phi) is 7.05. The molecule has 0 fully saturated rings. The van der Waals surface area contributed by atoms with Crippen LogP contribution in [-0.4, -0.2) is 35.6 Å². The maximum Gasteiger partial charge on any atom is 0.336 e. The zero-order valence-corrected chi connectivity index (χ0v) is 14.0. The molecule has 0 unspecified atom stereocenters. The van der Waals surface area contributed by atoms with E-state index in [0.717, 1.165) is 5.56 Å². The molecule has 2 rings (SSSR count). The summed E-state index contributed by atoms with van der Waals surface area (Å²) in [5.74, 6) is -2.07. The normalized spacial score (nSPS) is 10.5.